The number of likely N-dealkylation sites (tertiary alicyclic amines) is 1. The highest BCUT2D eigenvalue weighted by Gasteiger charge is 2.29. The zero-order valence-corrected chi connectivity index (χ0v) is 13.0. The van der Waals surface area contributed by atoms with E-state index in [9.17, 15) is 4.39 Å². The van der Waals surface area contributed by atoms with Gasteiger partial charge in [0.1, 0.15) is 5.82 Å². The fourth-order valence-electron chi connectivity index (χ4n) is 3.08. The normalized spacial score (nSPS) is 22.4. The molecule has 2 N–H and O–H groups in total. The summed E-state index contributed by atoms with van der Waals surface area (Å²) >= 11 is 3.30. The molecule has 2 nitrogen and oxygen atoms in total. The van der Waals surface area contributed by atoms with Gasteiger partial charge in [-0.1, -0.05) is 35.3 Å². The Hall–Kier alpha value is -0.450. The second kappa shape index (κ2) is 6.82. The SMILES string of the molecule is CCC1CCCCN1C(CN)c1ccc(Br)cc1F. The molecule has 1 fully saturated rings. The molecular weight excluding hydrogens is 307 g/mol. The van der Waals surface area contributed by atoms with E-state index in [2.05, 4.69) is 27.8 Å². The Morgan fingerprint density at radius 1 is 1.47 bits per heavy atom. The molecule has 0 saturated carbocycles. The van der Waals surface area contributed by atoms with Crippen LogP contribution in [0.25, 0.3) is 0 Å². The smallest absolute Gasteiger partial charge is 0.129 e. The predicted octanol–water partition coefficient (Wildman–Crippen LogP) is 3.85. The quantitative estimate of drug-likeness (QED) is 0.909. The third-order valence-corrected chi connectivity index (χ3v) is 4.58. The standard InChI is InChI=1S/C15H22BrFN2/c1-2-12-5-3-4-8-19(12)15(10-18)13-7-6-11(16)9-14(13)17/h6-7,9,12,15H,2-5,8,10,18H2,1H3. The number of rotatable bonds is 4. The van der Waals surface area contributed by atoms with Crippen molar-refractivity contribution < 1.29 is 4.39 Å². The first-order chi connectivity index (χ1) is 9.17. The van der Waals surface area contributed by atoms with E-state index in [0.717, 1.165) is 23.0 Å². The number of halogens is 2. The Balaban J connectivity index is 2.27. The predicted molar refractivity (Wildman–Crippen MR) is 80.5 cm³/mol. The summed E-state index contributed by atoms with van der Waals surface area (Å²) in [6.45, 7) is 3.69. The van der Waals surface area contributed by atoms with Crippen LogP contribution in [0.3, 0.4) is 0 Å². The number of benzene rings is 1. The third kappa shape index (κ3) is 3.36. The van der Waals surface area contributed by atoms with Crippen LogP contribution in [0.1, 0.15) is 44.2 Å². The van der Waals surface area contributed by atoms with Crippen molar-refractivity contribution in [1.82, 2.24) is 4.90 Å². The van der Waals surface area contributed by atoms with Gasteiger partial charge in [0, 0.05) is 22.6 Å². The lowest BCUT2D eigenvalue weighted by atomic mass is 9.94. The molecule has 1 heterocycles. The highest BCUT2D eigenvalue weighted by molar-refractivity contribution is 9.10. The van der Waals surface area contributed by atoms with Gasteiger partial charge in [0.25, 0.3) is 0 Å². The topological polar surface area (TPSA) is 29.3 Å². The van der Waals surface area contributed by atoms with Gasteiger partial charge in [-0.3, -0.25) is 4.90 Å². The van der Waals surface area contributed by atoms with Crippen molar-refractivity contribution in [2.75, 3.05) is 13.1 Å². The maximum Gasteiger partial charge on any atom is 0.129 e. The molecule has 0 aromatic heterocycles. The van der Waals surface area contributed by atoms with Crippen LogP contribution in [0.15, 0.2) is 22.7 Å². The van der Waals surface area contributed by atoms with Crippen molar-refractivity contribution in [3.05, 3.63) is 34.1 Å². The monoisotopic (exact) mass is 328 g/mol. The summed E-state index contributed by atoms with van der Waals surface area (Å²) in [5, 5.41) is 0. The van der Waals surface area contributed by atoms with Crippen molar-refractivity contribution >= 4 is 15.9 Å². The summed E-state index contributed by atoms with van der Waals surface area (Å²) in [4.78, 5) is 2.40. The molecule has 106 valence electrons. The second-order valence-corrected chi connectivity index (χ2v) is 6.13. The maximum absolute atomic E-state index is 14.2. The Kier molecular flexibility index (Phi) is 5.37. The van der Waals surface area contributed by atoms with Crippen LogP contribution in [0.4, 0.5) is 4.39 Å². The van der Waals surface area contributed by atoms with Gasteiger partial charge in [-0.05, 0) is 37.9 Å². The van der Waals surface area contributed by atoms with Gasteiger partial charge in [-0.15, -0.1) is 0 Å². The molecule has 1 saturated heterocycles. The molecule has 1 aliphatic rings. The molecule has 2 unspecified atom stereocenters. The molecule has 4 heteroatoms. The lowest BCUT2D eigenvalue weighted by Gasteiger charge is -2.41. The average molecular weight is 329 g/mol. The molecule has 19 heavy (non-hydrogen) atoms. The van der Waals surface area contributed by atoms with E-state index in [1.54, 1.807) is 0 Å². The summed E-state index contributed by atoms with van der Waals surface area (Å²) < 4.78 is 14.9. The molecule has 2 rings (SSSR count). The number of nitrogens with zero attached hydrogens (tertiary/aromatic N) is 1. The zero-order chi connectivity index (χ0) is 13.8. The van der Waals surface area contributed by atoms with E-state index in [1.165, 1.54) is 25.3 Å². The van der Waals surface area contributed by atoms with Gasteiger partial charge >= 0.3 is 0 Å². The highest BCUT2D eigenvalue weighted by Crippen LogP contribution is 2.31. The summed E-state index contributed by atoms with van der Waals surface area (Å²) in [5.41, 5.74) is 6.67. The molecule has 0 aliphatic carbocycles. The molecule has 1 aromatic carbocycles. The van der Waals surface area contributed by atoms with Gasteiger partial charge in [-0.25, -0.2) is 4.39 Å². The van der Waals surface area contributed by atoms with E-state index in [1.807, 2.05) is 12.1 Å². The summed E-state index contributed by atoms with van der Waals surface area (Å²) in [5.74, 6) is -0.162. The van der Waals surface area contributed by atoms with Gasteiger partial charge in [0.15, 0.2) is 0 Å². The third-order valence-electron chi connectivity index (χ3n) is 4.09. The van der Waals surface area contributed by atoms with Crippen LogP contribution in [-0.2, 0) is 0 Å². The van der Waals surface area contributed by atoms with Crippen LogP contribution in [-0.4, -0.2) is 24.0 Å². The molecular formula is C15H22BrFN2. The Morgan fingerprint density at radius 3 is 2.89 bits per heavy atom. The minimum atomic E-state index is -0.162. The molecule has 0 spiro atoms. The summed E-state index contributed by atoms with van der Waals surface area (Å²) in [6.07, 6.45) is 4.76. The van der Waals surface area contributed by atoms with Crippen LogP contribution >= 0.6 is 15.9 Å². The summed E-state index contributed by atoms with van der Waals surface area (Å²) in [6, 6.07) is 5.82. The fraction of sp³-hybridized carbons (Fsp3) is 0.600. The largest absolute Gasteiger partial charge is 0.329 e. The molecule has 0 radical (unpaired) electrons. The lowest BCUT2D eigenvalue weighted by Crippen LogP contribution is -2.44. The van der Waals surface area contributed by atoms with E-state index in [-0.39, 0.29) is 11.9 Å². The first kappa shape index (κ1) is 14.9. The second-order valence-electron chi connectivity index (χ2n) is 5.21. The van der Waals surface area contributed by atoms with Crippen LogP contribution < -0.4 is 5.73 Å². The minimum Gasteiger partial charge on any atom is -0.329 e. The lowest BCUT2D eigenvalue weighted by molar-refractivity contribution is 0.0930. The van der Waals surface area contributed by atoms with Crippen molar-refractivity contribution in [3.63, 3.8) is 0 Å². The number of nitrogens with two attached hydrogens (primary N) is 1. The number of piperidine rings is 1. The van der Waals surface area contributed by atoms with Crippen molar-refractivity contribution in [2.24, 2.45) is 5.73 Å². The minimum absolute atomic E-state index is 0.00153. The zero-order valence-electron chi connectivity index (χ0n) is 11.4. The highest BCUT2D eigenvalue weighted by atomic mass is 79.9. The number of hydrogen-bond donors (Lipinski definition) is 1. The van der Waals surface area contributed by atoms with E-state index >= 15 is 0 Å². The molecule has 1 aromatic rings. The van der Waals surface area contributed by atoms with Gasteiger partial charge in [-0.2, -0.15) is 0 Å². The van der Waals surface area contributed by atoms with Crippen molar-refractivity contribution in [3.8, 4) is 0 Å². The van der Waals surface area contributed by atoms with Crippen LogP contribution in [0.5, 0.6) is 0 Å². The van der Waals surface area contributed by atoms with Crippen LogP contribution in [0, 0.1) is 5.82 Å². The van der Waals surface area contributed by atoms with E-state index < -0.39 is 0 Å². The van der Waals surface area contributed by atoms with Crippen molar-refractivity contribution in [1.29, 1.82) is 0 Å². The molecule has 0 bridgehead atoms. The Labute approximate surface area is 123 Å². The maximum atomic E-state index is 14.2. The van der Waals surface area contributed by atoms with E-state index in [4.69, 9.17) is 5.73 Å². The van der Waals surface area contributed by atoms with Crippen molar-refractivity contribution in [2.45, 2.75) is 44.7 Å². The van der Waals surface area contributed by atoms with E-state index in [0.29, 0.717) is 12.6 Å². The Bertz CT molecular complexity index is 425. The molecule has 2 atom stereocenters. The first-order valence-electron chi connectivity index (χ1n) is 7.08. The fourth-order valence-corrected chi connectivity index (χ4v) is 3.42. The van der Waals surface area contributed by atoms with Crippen LogP contribution in [0.2, 0.25) is 0 Å². The molecule has 0 amide bonds. The average Bonchev–Trinajstić information content (AvgIpc) is 2.42. The number of hydrogen-bond acceptors (Lipinski definition) is 2. The summed E-state index contributed by atoms with van der Waals surface area (Å²) in [7, 11) is 0. The Morgan fingerprint density at radius 2 is 2.26 bits per heavy atom. The first-order valence-corrected chi connectivity index (χ1v) is 7.87. The van der Waals surface area contributed by atoms with Gasteiger partial charge in [0.05, 0.1) is 6.04 Å². The molecule has 1 aliphatic heterocycles. The van der Waals surface area contributed by atoms with Gasteiger partial charge < -0.3 is 5.73 Å². The van der Waals surface area contributed by atoms with Gasteiger partial charge in [0.2, 0.25) is 0 Å².